The number of aromatic nitrogens is 5. The zero-order valence-corrected chi connectivity index (χ0v) is 19.9. The van der Waals surface area contributed by atoms with E-state index in [0.29, 0.717) is 41.6 Å². The van der Waals surface area contributed by atoms with Gasteiger partial charge in [-0.3, -0.25) is 9.20 Å². The molecule has 4 aromatic heterocycles. The number of hydrogen-bond donors (Lipinski definition) is 1. The van der Waals surface area contributed by atoms with E-state index < -0.39 is 0 Å². The first-order valence-electron chi connectivity index (χ1n) is 12.2. The summed E-state index contributed by atoms with van der Waals surface area (Å²) >= 11 is 0. The molecule has 0 spiro atoms. The van der Waals surface area contributed by atoms with Gasteiger partial charge in [-0.05, 0) is 67.5 Å². The van der Waals surface area contributed by atoms with E-state index in [2.05, 4.69) is 21.5 Å². The summed E-state index contributed by atoms with van der Waals surface area (Å²) in [4.78, 5) is 32.3. The summed E-state index contributed by atoms with van der Waals surface area (Å²) in [5.41, 5.74) is 9.96. The van der Waals surface area contributed by atoms with Gasteiger partial charge in [-0.15, -0.1) is 0 Å². The van der Waals surface area contributed by atoms with Gasteiger partial charge in [-0.1, -0.05) is 6.58 Å². The van der Waals surface area contributed by atoms with Crippen LogP contribution in [0, 0.1) is 0 Å². The summed E-state index contributed by atoms with van der Waals surface area (Å²) in [5, 5.41) is 0. The predicted octanol–water partition coefficient (Wildman–Crippen LogP) is 4.33. The smallest absolute Gasteiger partial charge is 0.245 e. The number of anilines is 1. The van der Waals surface area contributed by atoms with Crippen LogP contribution in [-0.4, -0.2) is 48.2 Å². The zero-order valence-electron chi connectivity index (χ0n) is 19.9. The molecule has 1 atom stereocenters. The number of nitrogen functional groups attached to an aromatic ring is 1. The lowest BCUT2D eigenvalue weighted by atomic mass is 9.94. The van der Waals surface area contributed by atoms with Gasteiger partial charge in [0.1, 0.15) is 11.4 Å². The van der Waals surface area contributed by atoms with E-state index in [1.54, 1.807) is 18.6 Å². The van der Waals surface area contributed by atoms with Crippen molar-refractivity contribution in [1.29, 1.82) is 0 Å². The molecule has 2 aliphatic rings. The highest BCUT2D eigenvalue weighted by molar-refractivity contribution is 5.87. The maximum absolute atomic E-state index is 12.2. The van der Waals surface area contributed by atoms with Gasteiger partial charge in [0.2, 0.25) is 17.7 Å². The molecule has 1 amide bonds. The highest BCUT2D eigenvalue weighted by Crippen LogP contribution is 2.41. The molecule has 1 saturated heterocycles. The quantitative estimate of drug-likeness (QED) is 0.408. The fourth-order valence-corrected chi connectivity index (χ4v) is 4.93. The van der Waals surface area contributed by atoms with E-state index in [4.69, 9.17) is 15.5 Å². The molecular weight excluding hydrogens is 454 g/mol. The number of imidazole rings is 1. The monoisotopic (exact) mass is 481 g/mol. The van der Waals surface area contributed by atoms with E-state index in [0.717, 1.165) is 30.6 Å². The topological polar surface area (TPSA) is 112 Å². The molecule has 9 nitrogen and oxygen atoms in total. The molecule has 9 heteroatoms. The first kappa shape index (κ1) is 22.2. The summed E-state index contributed by atoms with van der Waals surface area (Å²) < 4.78 is 7.79. The maximum Gasteiger partial charge on any atom is 0.245 e. The molecule has 0 bridgehead atoms. The molecule has 2 fully saturated rings. The van der Waals surface area contributed by atoms with Crippen LogP contribution in [0.2, 0.25) is 0 Å². The Bertz CT molecular complexity index is 1440. The predicted molar refractivity (Wildman–Crippen MR) is 136 cm³/mol. The third kappa shape index (κ3) is 4.17. The fourth-order valence-electron chi connectivity index (χ4n) is 4.93. The first-order chi connectivity index (χ1) is 17.6. The summed E-state index contributed by atoms with van der Waals surface area (Å²) in [7, 11) is 0. The number of piperidine rings is 1. The molecule has 0 radical (unpaired) electrons. The molecule has 6 rings (SSSR count). The molecule has 1 aliphatic heterocycles. The SMILES string of the molecule is C=CC(=O)N1CCCC(c2nc(-c3ccc(Oc4cc(C5CC5)ccn4)cn3)n3c(N)nccc23)C1. The number of ether oxygens (including phenoxy) is 1. The number of likely N-dealkylation sites (tertiary alicyclic amines) is 1. The second-order valence-electron chi connectivity index (χ2n) is 9.35. The minimum absolute atomic E-state index is 0.0565. The van der Waals surface area contributed by atoms with E-state index in [1.807, 2.05) is 39.6 Å². The molecular formula is C27H27N7O2. The van der Waals surface area contributed by atoms with Crippen LogP contribution in [0.1, 0.15) is 48.8 Å². The fraction of sp³-hybridized carbons (Fsp3) is 0.296. The Labute approximate surface area is 208 Å². The van der Waals surface area contributed by atoms with Crippen molar-refractivity contribution in [3.8, 4) is 23.1 Å². The Hall–Kier alpha value is -4.27. The Morgan fingerprint density at radius 1 is 1.08 bits per heavy atom. The van der Waals surface area contributed by atoms with Crippen molar-refractivity contribution < 1.29 is 9.53 Å². The van der Waals surface area contributed by atoms with E-state index in [1.165, 1.54) is 24.5 Å². The largest absolute Gasteiger partial charge is 0.437 e. The van der Waals surface area contributed by atoms with Crippen LogP contribution in [0.15, 0.2) is 61.6 Å². The lowest BCUT2D eigenvalue weighted by Crippen LogP contribution is -2.38. The van der Waals surface area contributed by atoms with Crippen molar-refractivity contribution in [2.24, 2.45) is 0 Å². The molecule has 5 heterocycles. The average molecular weight is 482 g/mol. The molecule has 182 valence electrons. The first-order valence-corrected chi connectivity index (χ1v) is 12.2. The van der Waals surface area contributed by atoms with Crippen molar-refractivity contribution in [2.75, 3.05) is 18.8 Å². The van der Waals surface area contributed by atoms with Crippen molar-refractivity contribution in [3.05, 3.63) is 72.8 Å². The van der Waals surface area contributed by atoms with Gasteiger partial charge in [-0.2, -0.15) is 0 Å². The Morgan fingerprint density at radius 2 is 1.94 bits per heavy atom. The Morgan fingerprint density at radius 3 is 2.72 bits per heavy atom. The van der Waals surface area contributed by atoms with Crippen molar-refractivity contribution in [3.63, 3.8) is 0 Å². The number of pyridine rings is 2. The van der Waals surface area contributed by atoms with Crippen LogP contribution in [0.4, 0.5) is 5.95 Å². The van der Waals surface area contributed by atoms with Gasteiger partial charge < -0.3 is 15.4 Å². The number of hydrogen-bond acceptors (Lipinski definition) is 7. The molecule has 1 unspecified atom stereocenters. The minimum Gasteiger partial charge on any atom is -0.437 e. The third-order valence-electron chi connectivity index (χ3n) is 6.90. The van der Waals surface area contributed by atoms with Crippen LogP contribution in [0.3, 0.4) is 0 Å². The Kier molecular flexibility index (Phi) is 5.59. The summed E-state index contributed by atoms with van der Waals surface area (Å²) in [6.45, 7) is 4.95. The number of rotatable bonds is 6. The van der Waals surface area contributed by atoms with Crippen LogP contribution in [0.5, 0.6) is 11.6 Å². The number of carbonyl (C=O) groups is 1. The lowest BCUT2D eigenvalue weighted by molar-refractivity contribution is -0.127. The third-order valence-corrected chi connectivity index (χ3v) is 6.90. The number of fused-ring (bicyclic) bond motifs is 1. The van der Waals surface area contributed by atoms with Gasteiger partial charge in [0.05, 0.1) is 17.4 Å². The number of amides is 1. The average Bonchev–Trinajstić information content (AvgIpc) is 3.69. The molecule has 1 saturated carbocycles. The van der Waals surface area contributed by atoms with Crippen LogP contribution in [0.25, 0.3) is 17.0 Å². The number of nitrogens with zero attached hydrogens (tertiary/aromatic N) is 6. The molecule has 0 aromatic carbocycles. The van der Waals surface area contributed by atoms with Gasteiger partial charge in [0.25, 0.3) is 0 Å². The normalized spacial score (nSPS) is 17.8. The highest BCUT2D eigenvalue weighted by Gasteiger charge is 2.29. The lowest BCUT2D eigenvalue weighted by Gasteiger charge is -2.31. The van der Waals surface area contributed by atoms with Crippen molar-refractivity contribution in [2.45, 2.75) is 37.5 Å². The van der Waals surface area contributed by atoms with Crippen LogP contribution in [-0.2, 0) is 4.79 Å². The second-order valence-corrected chi connectivity index (χ2v) is 9.35. The summed E-state index contributed by atoms with van der Waals surface area (Å²) in [6, 6.07) is 9.67. The number of nitrogens with two attached hydrogens (primary N) is 1. The van der Waals surface area contributed by atoms with Gasteiger partial charge >= 0.3 is 0 Å². The van der Waals surface area contributed by atoms with Gasteiger partial charge in [0, 0.05) is 37.5 Å². The number of carbonyl (C=O) groups excluding carboxylic acids is 1. The molecule has 4 aromatic rings. The van der Waals surface area contributed by atoms with Crippen molar-refractivity contribution in [1.82, 2.24) is 29.2 Å². The van der Waals surface area contributed by atoms with E-state index in [-0.39, 0.29) is 11.8 Å². The Balaban J connectivity index is 1.31. The highest BCUT2D eigenvalue weighted by atomic mass is 16.5. The molecule has 36 heavy (non-hydrogen) atoms. The van der Waals surface area contributed by atoms with E-state index in [9.17, 15) is 4.79 Å². The molecule has 2 N–H and O–H groups in total. The summed E-state index contributed by atoms with van der Waals surface area (Å²) in [5.74, 6) is 2.75. The minimum atomic E-state index is -0.0565. The van der Waals surface area contributed by atoms with Gasteiger partial charge in [-0.25, -0.2) is 19.9 Å². The zero-order chi connectivity index (χ0) is 24.6. The van der Waals surface area contributed by atoms with Crippen LogP contribution >= 0.6 is 0 Å². The van der Waals surface area contributed by atoms with Crippen LogP contribution < -0.4 is 10.5 Å². The van der Waals surface area contributed by atoms with Gasteiger partial charge in [0.15, 0.2) is 5.82 Å². The summed E-state index contributed by atoms with van der Waals surface area (Å²) in [6.07, 6.45) is 10.8. The maximum atomic E-state index is 12.2. The van der Waals surface area contributed by atoms with E-state index >= 15 is 0 Å². The second kappa shape index (κ2) is 9.07. The standard InChI is InChI=1S/C27H27N7O2/c1-2-24(35)33-13-3-4-19(16-33)25-22-10-12-30-27(28)34(22)26(32-25)21-8-7-20(15-31-21)36-23-14-18(9-11-29-23)17-5-6-17/h2,7-12,14-15,17,19H,1,3-6,13,16H2,(H2,28,30). The van der Waals surface area contributed by atoms with Crippen molar-refractivity contribution >= 4 is 17.4 Å². The molecule has 1 aliphatic carbocycles.